The molecule has 5 nitrogen and oxygen atoms in total. The topological polar surface area (TPSA) is 72.8 Å². The molecule has 0 unspecified atom stereocenters. The Labute approximate surface area is 144 Å². The predicted molar refractivity (Wildman–Crippen MR) is 90.0 cm³/mol. The molecule has 1 atom stereocenters. The van der Waals surface area contributed by atoms with Gasteiger partial charge in [0.25, 0.3) is 0 Å². The molecule has 2 aliphatic heterocycles. The zero-order chi connectivity index (χ0) is 17.7. The number of aromatic hydroxyl groups is 1. The van der Waals surface area contributed by atoms with Crippen LogP contribution in [-0.4, -0.2) is 16.9 Å². The van der Waals surface area contributed by atoms with Crippen molar-refractivity contribution in [3.63, 3.8) is 0 Å². The lowest BCUT2D eigenvalue weighted by Gasteiger charge is -2.26. The Hall–Kier alpha value is -3.08. The number of hydrogen-bond acceptors (Lipinski definition) is 5. The van der Waals surface area contributed by atoms with Crippen molar-refractivity contribution in [1.82, 2.24) is 0 Å². The quantitative estimate of drug-likeness (QED) is 0.488. The van der Waals surface area contributed by atoms with Gasteiger partial charge in [0.05, 0.1) is 12.0 Å². The molecule has 2 aromatic rings. The number of Topliss-reactive ketones (excluding diaryl/α,β-unsaturated/α-hetero) is 1. The van der Waals surface area contributed by atoms with Crippen molar-refractivity contribution in [2.24, 2.45) is 0 Å². The van der Waals surface area contributed by atoms with Crippen molar-refractivity contribution in [3.05, 3.63) is 64.4 Å². The predicted octanol–water partition coefficient (Wildman–Crippen LogP) is 3.70. The number of hydrogen-bond donors (Lipinski definition) is 1. The fourth-order valence-corrected chi connectivity index (χ4v) is 3.31. The summed E-state index contributed by atoms with van der Waals surface area (Å²) in [6.45, 7) is 3.64. The summed E-state index contributed by atoms with van der Waals surface area (Å²) in [6.07, 6.45) is 0.149. The van der Waals surface area contributed by atoms with Crippen LogP contribution in [0.4, 0.5) is 0 Å². The van der Waals surface area contributed by atoms with Crippen molar-refractivity contribution in [1.29, 1.82) is 0 Å². The molecule has 2 aromatic carbocycles. The van der Waals surface area contributed by atoms with E-state index in [9.17, 15) is 14.7 Å². The van der Waals surface area contributed by atoms with Crippen molar-refractivity contribution >= 4 is 11.8 Å². The van der Waals surface area contributed by atoms with E-state index < -0.39 is 0 Å². The third-order valence-corrected chi connectivity index (χ3v) is 4.50. The number of rotatable bonds is 1. The minimum atomic E-state index is -0.336. The lowest BCUT2D eigenvalue weighted by atomic mass is 9.84. The van der Waals surface area contributed by atoms with Crippen molar-refractivity contribution < 1.29 is 24.2 Å². The van der Waals surface area contributed by atoms with E-state index in [2.05, 4.69) is 0 Å². The molecule has 0 radical (unpaired) electrons. The van der Waals surface area contributed by atoms with Crippen LogP contribution in [0.15, 0.2) is 47.7 Å². The van der Waals surface area contributed by atoms with Gasteiger partial charge in [-0.2, -0.15) is 0 Å². The van der Waals surface area contributed by atoms with E-state index in [-0.39, 0.29) is 29.8 Å². The Morgan fingerprint density at radius 1 is 1.04 bits per heavy atom. The third kappa shape index (κ3) is 2.39. The van der Waals surface area contributed by atoms with E-state index in [1.54, 1.807) is 36.4 Å². The maximum atomic E-state index is 12.6. The monoisotopic (exact) mass is 336 g/mol. The van der Waals surface area contributed by atoms with Crippen LogP contribution in [0.1, 0.15) is 47.7 Å². The van der Waals surface area contributed by atoms with Gasteiger partial charge in [-0.25, -0.2) is 0 Å². The summed E-state index contributed by atoms with van der Waals surface area (Å²) in [5.41, 5.74) is 2.83. The number of benzene rings is 2. The van der Waals surface area contributed by atoms with Crippen LogP contribution < -0.4 is 9.47 Å². The Balaban J connectivity index is 1.91. The maximum Gasteiger partial charge on any atom is 0.312 e. The summed E-state index contributed by atoms with van der Waals surface area (Å²) >= 11 is 0. The van der Waals surface area contributed by atoms with E-state index in [1.165, 1.54) is 0 Å². The van der Waals surface area contributed by atoms with Crippen molar-refractivity contribution in [2.75, 3.05) is 0 Å². The fourth-order valence-electron chi connectivity index (χ4n) is 3.31. The third-order valence-electron chi connectivity index (χ3n) is 4.50. The fraction of sp³-hybridized carbons (Fsp3) is 0.200. The molecule has 0 bridgehead atoms. The molecule has 5 heteroatoms. The van der Waals surface area contributed by atoms with Crippen LogP contribution in [0.25, 0.3) is 0 Å². The minimum absolute atomic E-state index is 0.149. The highest BCUT2D eigenvalue weighted by molar-refractivity contribution is 6.13. The molecule has 1 N–H and O–H groups in total. The molecule has 2 heterocycles. The zero-order valence-corrected chi connectivity index (χ0v) is 13.8. The second kappa shape index (κ2) is 5.48. The zero-order valence-electron chi connectivity index (χ0n) is 13.8. The summed E-state index contributed by atoms with van der Waals surface area (Å²) in [5.74, 6) is 0.566. The average molecular weight is 336 g/mol. The average Bonchev–Trinajstić information content (AvgIpc) is 2.92. The van der Waals surface area contributed by atoms with E-state index in [1.807, 2.05) is 13.8 Å². The molecule has 0 saturated carbocycles. The van der Waals surface area contributed by atoms with E-state index >= 15 is 0 Å². The van der Waals surface area contributed by atoms with E-state index in [0.29, 0.717) is 28.4 Å². The summed E-state index contributed by atoms with van der Waals surface area (Å²) in [4.78, 5) is 24.6. The van der Waals surface area contributed by atoms with Gasteiger partial charge in [0.2, 0.25) is 5.78 Å². The largest absolute Gasteiger partial charge is 0.508 e. The van der Waals surface area contributed by atoms with E-state index in [0.717, 1.165) is 11.1 Å². The lowest BCUT2D eigenvalue weighted by molar-refractivity contribution is -0.135. The number of ether oxygens (including phenoxy) is 2. The Kier molecular flexibility index (Phi) is 3.39. The van der Waals surface area contributed by atoms with Gasteiger partial charge in [-0.1, -0.05) is 12.1 Å². The molecule has 0 fully saturated rings. The van der Waals surface area contributed by atoms with Crippen molar-refractivity contribution in [2.45, 2.75) is 26.2 Å². The number of carbonyl (C=O) groups is 2. The first-order chi connectivity index (χ1) is 12.0. The van der Waals surface area contributed by atoms with Crippen molar-refractivity contribution in [3.8, 4) is 17.2 Å². The van der Waals surface area contributed by atoms with Gasteiger partial charge in [0, 0.05) is 11.5 Å². The van der Waals surface area contributed by atoms with Crippen LogP contribution in [0, 0.1) is 0 Å². The number of ketones is 1. The number of phenolic OH excluding ortho intramolecular Hbond substituents is 1. The normalized spacial score (nSPS) is 18.3. The van der Waals surface area contributed by atoms with Crippen LogP contribution in [0.5, 0.6) is 17.2 Å². The van der Waals surface area contributed by atoms with Gasteiger partial charge in [-0.05, 0) is 49.2 Å². The number of esters is 1. The number of fused-ring (bicyclic) bond motifs is 3. The first-order valence-electron chi connectivity index (χ1n) is 8.02. The molecule has 0 saturated heterocycles. The first-order valence-corrected chi connectivity index (χ1v) is 8.02. The van der Waals surface area contributed by atoms with Crippen LogP contribution in [0.3, 0.4) is 0 Å². The summed E-state index contributed by atoms with van der Waals surface area (Å²) < 4.78 is 11.2. The highest BCUT2D eigenvalue weighted by Crippen LogP contribution is 2.49. The summed E-state index contributed by atoms with van der Waals surface area (Å²) in [5, 5.41) is 9.52. The molecular formula is C20H16O5. The molecule has 0 amide bonds. The SMILES string of the molecule is CC(C)=C1Oc2c(ccc3c2[C@H](c2ccc(O)cc2)CC(=O)O3)C1=O. The highest BCUT2D eigenvalue weighted by atomic mass is 16.5. The summed E-state index contributed by atoms with van der Waals surface area (Å²) in [7, 11) is 0. The second-order valence-corrected chi connectivity index (χ2v) is 6.44. The van der Waals surface area contributed by atoms with Crippen LogP contribution in [0.2, 0.25) is 0 Å². The maximum absolute atomic E-state index is 12.6. The lowest BCUT2D eigenvalue weighted by Crippen LogP contribution is -2.21. The van der Waals surface area contributed by atoms with Gasteiger partial charge in [-0.3, -0.25) is 9.59 Å². The molecular weight excluding hydrogens is 320 g/mol. The van der Waals surface area contributed by atoms with Gasteiger partial charge in [0.1, 0.15) is 17.2 Å². The molecule has 2 aliphatic rings. The van der Waals surface area contributed by atoms with Crippen LogP contribution >= 0.6 is 0 Å². The van der Waals surface area contributed by atoms with Gasteiger partial charge in [0.15, 0.2) is 5.76 Å². The highest BCUT2D eigenvalue weighted by Gasteiger charge is 2.38. The second-order valence-electron chi connectivity index (χ2n) is 6.44. The first kappa shape index (κ1) is 15.4. The molecule has 126 valence electrons. The van der Waals surface area contributed by atoms with E-state index in [4.69, 9.17) is 9.47 Å². The van der Waals surface area contributed by atoms with Gasteiger partial charge < -0.3 is 14.6 Å². The number of phenols is 1. The smallest absolute Gasteiger partial charge is 0.312 e. The Morgan fingerprint density at radius 3 is 2.44 bits per heavy atom. The molecule has 0 aromatic heterocycles. The number of allylic oxidation sites excluding steroid dienone is 2. The summed E-state index contributed by atoms with van der Waals surface area (Å²) in [6, 6.07) is 9.96. The Bertz CT molecular complexity index is 933. The molecule has 0 spiro atoms. The minimum Gasteiger partial charge on any atom is -0.508 e. The standard InChI is InChI=1S/C20H16O5/c1-10(2)19-18(23)13-7-8-15-17(20(13)25-19)14(9-16(22)24-15)11-3-5-12(21)6-4-11/h3-8,14,21H,9H2,1-2H3/t14-/m0/s1. The molecule has 4 rings (SSSR count). The van der Waals surface area contributed by atoms with Gasteiger partial charge >= 0.3 is 5.97 Å². The molecule has 25 heavy (non-hydrogen) atoms. The molecule has 0 aliphatic carbocycles. The van der Waals surface area contributed by atoms with Crippen LogP contribution in [-0.2, 0) is 4.79 Å². The number of carbonyl (C=O) groups excluding carboxylic acids is 2. The van der Waals surface area contributed by atoms with Gasteiger partial charge in [-0.15, -0.1) is 0 Å². The Morgan fingerprint density at radius 2 is 1.76 bits per heavy atom.